The molecule has 4 rings (SSSR count). The lowest BCUT2D eigenvalue weighted by molar-refractivity contribution is -0.142. The summed E-state index contributed by atoms with van der Waals surface area (Å²) in [6, 6.07) is 10.9. The number of nitrogens with zero attached hydrogens (tertiary/aromatic N) is 2. The lowest BCUT2D eigenvalue weighted by Gasteiger charge is -2.37. The van der Waals surface area contributed by atoms with Gasteiger partial charge in [-0.1, -0.05) is 36.8 Å². The molecule has 2 aromatic rings. The number of amides is 2. The van der Waals surface area contributed by atoms with Crippen molar-refractivity contribution in [2.45, 2.75) is 58.0 Å². The van der Waals surface area contributed by atoms with Crippen LogP contribution < -0.4 is 0 Å². The van der Waals surface area contributed by atoms with Gasteiger partial charge in [0.1, 0.15) is 6.54 Å². The number of carbonyl (C=O) groups excluding carboxylic acids is 2. The van der Waals surface area contributed by atoms with Crippen molar-refractivity contribution in [2.75, 3.05) is 13.1 Å². The average Bonchev–Trinajstić information content (AvgIpc) is 3.42. The molecule has 4 nitrogen and oxygen atoms in total. The summed E-state index contributed by atoms with van der Waals surface area (Å²) in [5.41, 5.74) is 3.61. The molecule has 1 aliphatic heterocycles. The number of rotatable bonds is 6. The Hall–Kier alpha value is -2.14. The van der Waals surface area contributed by atoms with Gasteiger partial charge in [-0.2, -0.15) is 0 Å². The van der Waals surface area contributed by atoms with Crippen LogP contribution in [0.15, 0.2) is 35.7 Å². The number of aryl methyl sites for hydroxylation is 1. The third-order valence-electron chi connectivity index (χ3n) is 5.76. The molecule has 2 heterocycles. The standard InChI is InChI=1S/C23H28N2O2S/c1-3-4-21(26)25(18-9-10-18)15-22(27)24-13-11-20-19(12-14-28-20)23(24)17-7-5-16(2)6-8-17/h5-8,12,14,18,23H,3-4,9-11,13,15H2,1-2H3/t23-/m1/s1. The Morgan fingerprint density at radius 3 is 2.61 bits per heavy atom. The Kier molecular flexibility index (Phi) is 5.54. The second-order valence-electron chi connectivity index (χ2n) is 7.95. The molecule has 2 amide bonds. The number of carbonyl (C=O) groups is 2. The fourth-order valence-corrected chi connectivity index (χ4v) is 5.00. The van der Waals surface area contributed by atoms with Crippen molar-refractivity contribution in [1.29, 1.82) is 0 Å². The highest BCUT2D eigenvalue weighted by Crippen LogP contribution is 2.38. The van der Waals surface area contributed by atoms with Crippen molar-refractivity contribution >= 4 is 23.2 Å². The summed E-state index contributed by atoms with van der Waals surface area (Å²) < 4.78 is 0. The van der Waals surface area contributed by atoms with E-state index in [1.807, 2.05) is 16.7 Å². The summed E-state index contributed by atoms with van der Waals surface area (Å²) >= 11 is 1.78. The SMILES string of the molecule is CCCC(=O)N(CC(=O)N1CCc2sccc2[C@H]1c1ccc(C)cc1)C1CC1. The highest BCUT2D eigenvalue weighted by Gasteiger charge is 2.37. The van der Waals surface area contributed by atoms with Crippen LogP contribution in [0.4, 0.5) is 0 Å². The van der Waals surface area contributed by atoms with Gasteiger partial charge in [-0.25, -0.2) is 0 Å². The van der Waals surface area contributed by atoms with Crippen LogP contribution in [0.2, 0.25) is 0 Å². The topological polar surface area (TPSA) is 40.6 Å². The van der Waals surface area contributed by atoms with Gasteiger partial charge in [-0.15, -0.1) is 11.3 Å². The molecule has 1 fully saturated rings. The van der Waals surface area contributed by atoms with Gasteiger partial charge in [0.25, 0.3) is 0 Å². The Labute approximate surface area is 171 Å². The van der Waals surface area contributed by atoms with E-state index in [-0.39, 0.29) is 30.4 Å². The first kappa shape index (κ1) is 19.2. The van der Waals surface area contributed by atoms with Crippen molar-refractivity contribution in [2.24, 2.45) is 0 Å². The van der Waals surface area contributed by atoms with E-state index in [9.17, 15) is 9.59 Å². The Balaban J connectivity index is 1.60. The molecular formula is C23H28N2O2S. The van der Waals surface area contributed by atoms with E-state index in [0.717, 1.165) is 31.2 Å². The number of fused-ring (bicyclic) bond motifs is 1. The zero-order chi connectivity index (χ0) is 19.7. The van der Waals surface area contributed by atoms with Gasteiger partial charge in [0.05, 0.1) is 6.04 Å². The fourth-order valence-electron chi connectivity index (χ4n) is 4.09. The van der Waals surface area contributed by atoms with E-state index in [2.05, 4.69) is 42.6 Å². The predicted octanol–water partition coefficient (Wildman–Crippen LogP) is 4.32. The van der Waals surface area contributed by atoms with E-state index in [1.54, 1.807) is 11.3 Å². The molecule has 2 aliphatic rings. The van der Waals surface area contributed by atoms with E-state index in [1.165, 1.54) is 16.0 Å². The maximum Gasteiger partial charge on any atom is 0.243 e. The van der Waals surface area contributed by atoms with E-state index >= 15 is 0 Å². The van der Waals surface area contributed by atoms with Crippen LogP contribution in [0.5, 0.6) is 0 Å². The summed E-state index contributed by atoms with van der Waals surface area (Å²) in [6.07, 6.45) is 4.30. The van der Waals surface area contributed by atoms with E-state index in [4.69, 9.17) is 0 Å². The molecule has 1 aliphatic carbocycles. The minimum Gasteiger partial charge on any atom is -0.330 e. The zero-order valence-corrected chi connectivity index (χ0v) is 17.5. The van der Waals surface area contributed by atoms with Crippen LogP contribution in [-0.2, 0) is 16.0 Å². The van der Waals surface area contributed by atoms with Gasteiger partial charge in [-0.3, -0.25) is 9.59 Å². The molecule has 0 spiro atoms. The van der Waals surface area contributed by atoms with E-state index in [0.29, 0.717) is 13.0 Å². The van der Waals surface area contributed by atoms with Crippen LogP contribution in [0.25, 0.3) is 0 Å². The van der Waals surface area contributed by atoms with E-state index < -0.39 is 0 Å². The van der Waals surface area contributed by atoms with Gasteiger partial charge in [0, 0.05) is 23.9 Å². The molecule has 0 unspecified atom stereocenters. The van der Waals surface area contributed by atoms with Gasteiger partial charge >= 0.3 is 0 Å². The van der Waals surface area contributed by atoms with Crippen LogP contribution in [0, 0.1) is 6.92 Å². The van der Waals surface area contributed by atoms with Crippen LogP contribution in [0.3, 0.4) is 0 Å². The summed E-state index contributed by atoms with van der Waals surface area (Å²) in [7, 11) is 0. The van der Waals surface area contributed by atoms with Crippen LogP contribution >= 0.6 is 11.3 Å². The van der Waals surface area contributed by atoms with Gasteiger partial charge in [0.2, 0.25) is 11.8 Å². The molecular weight excluding hydrogens is 368 g/mol. The first-order valence-electron chi connectivity index (χ1n) is 10.3. The normalized spacial score (nSPS) is 18.6. The molecule has 1 aromatic heterocycles. The quantitative estimate of drug-likeness (QED) is 0.729. The number of benzene rings is 1. The summed E-state index contributed by atoms with van der Waals surface area (Å²) in [4.78, 5) is 31.1. The molecule has 0 radical (unpaired) electrons. The van der Waals surface area contributed by atoms with Crippen molar-refractivity contribution in [3.63, 3.8) is 0 Å². The first-order chi connectivity index (χ1) is 13.6. The first-order valence-corrected chi connectivity index (χ1v) is 11.2. The maximum atomic E-state index is 13.4. The number of hydrogen-bond donors (Lipinski definition) is 0. The van der Waals surface area contributed by atoms with Crippen molar-refractivity contribution in [1.82, 2.24) is 9.80 Å². The minimum atomic E-state index is -0.0505. The van der Waals surface area contributed by atoms with Crippen LogP contribution in [0.1, 0.15) is 60.2 Å². The highest BCUT2D eigenvalue weighted by atomic mass is 32.1. The summed E-state index contributed by atoms with van der Waals surface area (Å²) in [5.74, 6) is 0.192. The Bertz CT molecular complexity index is 854. The molecule has 0 saturated heterocycles. The van der Waals surface area contributed by atoms with Crippen molar-refractivity contribution < 1.29 is 9.59 Å². The molecule has 148 valence electrons. The molecule has 1 saturated carbocycles. The van der Waals surface area contributed by atoms with Gasteiger partial charge < -0.3 is 9.80 Å². The van der Waals surface area contributed by atoms with Gasteiger partial charge in [-0.05, 0) is 55.2 Å². The number of thiophene rings is 1. The molecule has 0 bridgehead atoms. The van der Waals surface area contributed by atoms with Gasteiger partial charge in [0.15, 0.2) is 0 Å². The Morgan fingerprint density at radius 2 is 1.93 bits per heavy atom. The lowest BCUT2D eigenvalue weighted by atomic mass is 9.92. The van der Waals surface area contributed by atoms with Crippen molar-refractivity contribution in [3.05, 3.63) is 57.3 Å². The molecule has 1 aromatic carbocycles. The predicted molar refractivity (Wildman–Crippen MR) is 112 cm³/mol. The maximum absolute atomic E-state index is 13.4. The third kappa shape index (κ3) is 3.86. The average molecular weight is 397 g/mol. The number of hydrogen-bond acceptors (Lipinski definition) is 3. The molecule has 5 heteroatoms. The molecule has 0 N–H and O–H groups in total. The summed E-state index contributed by atoms with van der Waals surface area (Å²) in [6.45, 7) is 5.02. The molecule has 1 atom stereocenters. The van der Waals surface area contributed by atoms with Crippen molar-refractivity contribution in [3.8, 4) is 0 Å². The monoisotopic (exact) mass is 396 g/mol. The lowest BCUT2D eigenvalue weighted by Crippen LogP contribution is -2.47. The second kappa shape index (κ2) is 8.08. The minimum absolute atomic E-state index is 0.0505. The van der Waals surface area contributed by atoms with Crippen LogP contribution in [-0.4, -0.2) is 40.7 Å². The Morgan fingerprint density at radius 1 is 1.18 bits per heavy atom. The fraction of sp³-hybridized carbons (Fsp3) is 0.478. The third-order valence-corrected chi connectivity index (χ3v) is 6.75. The smallest absolute Gasteiger partial charge is 0.243 e. The second-order valence-corrected chi connectivity index (χ2v) is 8.95. The molecule has 28 heavy (non-hydrogen) atoms. The summed E-state index contributed by atoms with van der Waals surface area (Å²) in [5, 5.41) is 2.13. The highest BCUT2D eigenvalue weighted by molar-refractivity contribution is 7.10. The largest absolute Gasteiger partial charge is 0.330 e. The zero-order valence-electron chi connectivity index (χ0n) is 16.7.